The molecule has 0 fully saturated rings. The molecule has 0 aliphatic rings. The van der Waals surface area contributed by atoms with Gasteiger partial charge in [-0.1, -0.05) is 0 Å². The molecular formula is C12H20N2O3. The van der Waals surface area contributed by atoms with Crippen LogP contribution in [0.2, 0.25) is 0 Å². The summed E-state index contributed by atoms with van der Waals surface area (Å²) in [6.07, 6.45) is 1.13. The maximum Gasteiger partial charge on any atom is 0.250 e. The zero-order valence-corrected chi connectivity index (χ0v) is 10.3. The van der Waals surface area contributed by atoms with Gasteiger partial charge in [0.25, 0.3) is 5.56 Å². The first-order chi connectivity index (χ1) is 8.13. The number of methoxy groups -OCH3 is 1. The van der Waals surface area contributed by atoms with E-state index in [1.165, 1.54) is 4.57 Å². The van der Waals surface area contributed by atoms with Crippen molar-refractivity contribution in [1.29, 1.82) is 0 Å². The molecule has 0 radical (unpaired) electrons. The summed E-state index contributed by atoms with van der Waals surface area (Å²) in [6, 6.07) is 3.41. The summed E-state index contributed by atoms with van der Waals surface area (Å²) in [5.41, 5.74) is 0.847. The van der Waals surface area contributed by atoms with Crippen LogP contribution in [-0.4, -0.2) is 42.6 Å². The molecule has 1 atom stereocenters. The minimum atomic E-state index is -0.577. The van der Waals surface area contributed by atoms with Crippen molar-refractivity contribution in [2.75, 3.05) is 26.8 Å². The average molecular weight is 240 g/mol. The van der Waals surface area contributed by atoms with E-state index in [-0.39, 0.29) is 5.56 Å². The third-order valence-electron chi connectivity index (χ3n) is 2.42. The van der Waals surface area contributed by atoms with Gasteiger partial charge in [0, 0.05) is 32.5 Å². The van der Waals surface area contributed by atoms with Crippen LogP contribution >= 0.6 is 0 Å². The monoisotopic (exact) mass is 240 g/mol. The molecule has 5 heteroatoms. The van der Waals surface area contributed by atoms with Crippen LogP contribution in [0.5, 0.6) is 0 Å². The molecular weight excluding hydrogens is 220 g/mol. The van der Waals surface area contributed by atoms with Crippen molar-refractivity contribution >= 4 is 0 Å². The number of hydrogen-bond donors (Lipinski definition) is 2. The Hall–Kier alpha value is -1.17. The molecule has 0 spiro atoms. The lowest BCUT2D eigenvalue weighted by atomic mass is 10.3. The van der Waals surface area contributed by atoms with Gasteiger partial charge in [-0.15, -0.1) is 0 Å². The predicted octanol–water partition coefficient (Wildman–Crippen LogP) is -0.246. The highest BCUT2D eigenvalue weighted by Crippen LogP contribution is 1.93. The van der Waals surface area contributed by atoms with Crippen LogP contribution in [0.4, 0.5) is 0 Å². The van der Waals surface area contributed by atoms with E-state index in [1.807, 2.05) is 13.0 Å². The second-order valence-corrected chi connectivity index (χ2v) is 4.05. The van der Waals surface area contributed by atoms with Crippen molar-refractivity contribution in [2.45, 2.75) is 19.6 Å². The highest BCUT2D eigenvalue weighted by atomic mass is 16.5. The van der Waals surface area contributed by atoms with E-state index < -0.39 is 6.10 Å². The Bertz CT molecular complexity index is 390. The number of pyridine rings is 1. The van der Waals surface area contributed by atoms with Crippen molar-refractivity contribution in [3.05, 3.63) is 34.2 Å². The number of aliphatic hydroxyl groups is 1. The second kappa shape index (κ2) is 7.21. The van der Waals surface area contributed by atoms with Crippen molar-refractivity contribution in [1.82, 2.24) is 9.88 Å². The SMILES string of the molecule is COCCNCC(O)Cn1ccc(C)cc1=O. The molecule has 0 aliphatic heterocycles. The molecule has 96 valence electrons. The summed E-state index contributed by atoms with van der Waals surface area (Å²) in [5.74, 6) is 0. The number of aliphatic hydroxyl groups excluding tert-OH is 1. The normalized spacial score (nSPS) is 12.6. The molecule has 5 nitrogen and oxygen atoms in total. The lowest BCUT2D eigenvalue weighted by molar-refractivity contribution is 0.142. The lowest BCUT2D eigenvalue weighted by Crippen LogP contribution is -2.34. The molecule has 0 aliphatic carbocycles. The van der Waals surface area contributed by atoms with Crippen LogP contribution in [0.15, 0.2) is 23.1 Å². The Morgan fingerprint density at radius 1 is 1.59 bits per heavy atom. The fourth-order valence-electron chi connectivity index (χ4n) is 1.49. The van der Waals surface area contributed by atoms with Crippen LogP contribution in [0, 0.1) is 6.92 Å². The molecule has 0 bridgehead atoms. The van der Waals surface area contributed by atoms with Gasteiger partial charge in [0.1, 0.15) is 0 Å². The maximum atomic E-state index is 11.6. The summed E-state index contributed by atoms with van der Waals surface area (Å²) < 4.78 is 6.38. The first-order valence-electron chi connectivity index (χ1n) is 5.68. The molecule has 2 N–H and O–H groups in total. The molecule has 0 aromatic carbocycles. The second-order valence-electron chi connectivity index (χ2n) is 4.05. The van der Waals surface area contributed by atoms with Gasteiger partial charge in [-0.3, -0.25) is 4.79 Å². The third kappa shape index (κ3) is 5.12. The van der Waals surface area contributed by atoms with E-state index in [0.717, 1.165) is 5.56 Å². The predicted molar refractivity (Wildman–Crippen MR) is 66.2 cm³/mol. The molecule has 1 aromatic rings. The van der Waals surface area contributed by atoms with Gasteiger partial charge in [0.2, 0.25) is 0 Å². The standard InChI is InChI=1S/C12H20N2O3/c1-10-3-5-14(12(16)7-10)9-11(15)8-13-4-6-17-2/h3,5,7,11,13,15H,4,6,8-9H2,1-2H3. The van der Waals surface area contributed by atoms with Crippen LogP contribution in [0.1, 0.15) is 5.56 Å². The largest absolute Gasteiger partial charge is 0.390 e. The lowest BCUT2D eigenvalue weighted by Gasteiger charge is -2.13. The van der Waals surface area contributed by atoms with Crippen LogP contribution in [0.3, 0.4) is 0 Å². The smallest absolute Gasteiger partial charge is 0.250 e. The summed E-state index contributed by atoms with van der Waals surface area (Å²) in [4.78, 5) is 11.6. The number of rotatable bonds is 7. The Morgan fingerprint density at radius 3 is 3.00 bits per heavy atom. The number of ether oxygens (including phenoxy) is 1. The zero-order chi connectivity index (χ0) is 12.7. The van der Waals surface area contributed by atoms with Crippen molar-refractivity contribution in [3.63, 3.8) is 0 Å². The van der Waals surface area contributed by atoms with Gasteiger partial charge in [0.05, 0.1) is 19.3 Å². The van der Waals surface area contributed by atoms with Crippen molar-refractivity contribution in [3.8, 4) is 0 Å². The Kier molecular flexibility index (Phi) is 5.90. The van der Waals surface area contributed by atoms with E-state index in [9.17, 15) is 9.90 Å². The van der Waals surface area contributed by atoms with E-state index >= 15 is 0 Å². The third-order valence-corrected chi connectivity index (χ3v) is 2.42. The van der Waals surface area contributed by atoms with Crippen LogP contribution < -0.4 is 10.9 Å². The van der Waals surface area contributed by atoms with Gasteiger partial charge < -0.3 is 19.7 Å². The number of nitrogens with zero attached hydrogens (tertiary/aromatic N) is 1. The van der Waals surface area contributed by atoms with E-state index in [4.69, 9.17) is 4.74 Å². The number of nitrogens with one attached hydrogen (secondary N) is 1. The molecule has 1 heterocycles. The van der Waals surface area contributed by atoms with Crippen LogP contribution in [-0.2, 0) is 11.3 Å². The Morgan fingerprint density at radius 2 is 2.35 bits per heavy atom. The van der Waals surface area contributed by atoms with Gasteiger partial charge in [-0.2, -0.15) is 0 Å². The van der Waals surface area contributed by atoms with Gasteiger partial charge in [-0.05, 0) is 18.6 Å². The van der Waals surface area contributed by atoms with E-state index in [2.05, 4.69) is 5.32 Å². The Balaban J connectivity index is 2.39. The van der Waals surface area contributed by atoms with Gasteiger partial charge >= 0.3 is 0 Å². The fourth-order valence-corrected chi connectivity index (χ4v) is 1.49. The van der Waals surface area contributed by atoms with E-state index in [1.54, 1.807) is 19.4 Å². The Labute approximate surface area is 101 Å². The topological polar surface area (TPSA) is 63.5 Å². The molecule has 17 heavy (non-hydrogen) atoms. The minimum Gasteiger partial charge on any atom is -0.390 e. The maximum absolute atomic E-state index is 11.6. The summed E-state index contributed by atoms with van der Waals surface area (Å²) >= 11 is 0. The summed E-state index contributed by atoms with van der Waals surface area (Å²) in [7, 11) is 1.63. The first-order valence-corrected chi connectivity index (χ1v) is 5.68. The number of hydrogen-bond acceptors (Lipinski definition) is 4. The van der Waals surface area contributed by atoms with Gasteiger partial charge in [-0.25, -0.2) is 0 Å². The van der Waals surface area contributed by atoms with Crippen molar-refractivity contribution < 1.29 is 9.84 Å². The van der Waals surface area contributed by atoms with E-state index in [0.29, 0.717) is 26.2 Å². The molecule has 0 saturated heterocycles. The molecule has 1 aromatic heterocycles. The number of aromatic nitrogens is 1. The van der Waals surface area contributed by atoms with Gasteiger partial charge in [0.15, 0.2) is 0 Å². The van der Waals surface area contributed by atoms with Crippen molar-refractivity contribution in [2.24, 2.45) is 0 Å². The summed E-state index contributed by atoms with van der Waals surface area (Å²) in [5, 5.41) is 12.8. The molecule has 1 unspecified atom stereocenters. The number of aryl methyl sites for hydroxylation is 1. The quantitative estimate of drug-likeness (QED) is 0.645. The first kappa shape index (κ1) is 13.9. The molecule has 0 amide bonds. The average Bonchev–Trinajstić information content (AvgIpc) is 2.28. The summed E-state index contributed by atoms with van der Waals surface area (Å²) in [6.45, 7) is 3.92. The highest BCUT2D eigenvalue weighted by Gasteiger charge is 2.05. The molecule has 0 saturated carbocycles. The van der Waals surface area contributed by atoms with Crippen LogP contribution in [0.25, 0.3) is 0 Å². The minimum absolute atomic E-state index is 0.0825. The fraction of sp³-hybridized carbons (Fsp3) is 0.583. The molecule has 1 rings (SSSR count). The zero-order valence-electron chi connectivity index (χ0n) is 10.3. The highest BCUT2D eigenvalue weighted by molar-refractivity contribution is 5.08.